The van der Waals surface area contributed by atoms with E-state index in [4.69, 9.17) is 31.2 Å². The van der Waals surface area contributed by atoms with Crippen LogP contribution in [0, 0.1) is 0 Å². The van der Waals surface area contributed by atoms with E-state index >= 15 is 0 Å². The van der Waals surface area contributed by atoms with Crippen molar-refractivity contribution in [3.8, 4) is 0 Å². The molecule has 0 saturated carbocycles. The number of aliphatic hydroxyl groups excluding tert-OH is 6. The summed E-state index contributed by atoms with van der Waals surface area (Å²) in [5, 5.41) is 57.5. The predicted molar refractivity (Wildman–Crippen MR) is 137 cm³/mol. The minimum Gasteiger partial charge on any atom is -0.394 e. The van der Waals surface area contributed by atoms with Crippen molar-refractivity contribution < 1.29 is 40.1 Å². The van der Waals surface area contributed by atoms with E-state index in [-0.39, 0.29) is 11.6 Å². The average molecular weight is 563 g/mol. The molecule has 0 bridgehead atoms. The first-order chi connectivity index (χ1) is 19.3. The molecule has 0 aliphatic carbocycles. The summed E-state index contributed by atoms with van der Waals surface area (Å²) in [6, 6.07) is 0. The maximum Gasteiger partial charge on any atom is 0.167 e. The predicted octanol–water partition coefficient (Wildman–Crippen LogP) is -3.16. The van der Waals surface area contributed by atoms with Crippen molar-refractivity contribution in [1.29, 1.82) is 0 Å². The molecule has 4 aromatic heterocycles. The van der Waals surface area contributed by atoms with Crippen LogP contribution in [-0.2, 0) is 9.47 Å². The van der Waals surface area contributed by atoms with Crippen LogP contribution >= 0.6 is 0 Å². The van der Waals surface area contributed by atoms with Gasteiger partial charge in [-0.1, -0.05) is 0 Å². The van der Waals surface area contributed by atoms with Crippen LogP contribution in [0.4, 0.5) is 11.6 Å². The Labute approximate surface area is 225 Å². The molecular weight excluding hydrogens is 532 g/mol. The Balaban J connectivity index is 0.000000174. The fourth-order valence-electron chi connectivity index (χ4n) is 4.33. The van der Waals surface area contributed by atoms with Crippen molar-refractivity contribution in [3.05, 3.63) is 38.5 Å². The molecule has 4 aromatic rings. The molecule has 0 aromatic carbocycles. The van der Waals surface area contributed by atoms with E-state index in [0.29, 0.717) is 22.3 Å². The van der Waals surface area contributed by atoms with Gasteiger partial charge in [0.25, 0.3) is 0 Å². The van der Waals surface area contributed by atoms with Crippen LogP contribution in [0.5, 0.6) is 0 Å². The Hall–Kier alpha value is -3.88. The Morgan fingerprint density at radius 1 is 0.650 bits per heavy atom. The number of anilines is 2. The number of imidazole rings is 2. The Kier molecular flexibility index (Phi) is 8.81. The smallest absolute Gasteiger partial charge is 0.167 e. The summed E-state index contributed by atoms with van der Waals surface area (Å²) in [5.41, 5.74) is 12.9. The van der Waals surface area contributed by atoms with Gasteiger partial charge in [0.2, 0.25) is 0 Å². The van der Waals surface area contributed by atoms with Gasteiger partial charge in [-0.05, 0) is 0 Å². The number of aromatic nitrogens is 8. The van der Waals surface area contributed by atoms with Crippen LogP contribution in [0.2, 0.25) is 0 Å². The molecule has 0 unspecified atom stereocenters. The van der Waals surface area contributed by atoms with Crippen LogP contribution in [0.3, 0.4) is 0 Å². The molecule has 18 nitrogen and oxygen atoms in total. The number of nitrogen functional groups attached to an aromatic ring is 2. The van der Waals surface area contributed by atoms with E-state index in [2.05, 4.69) is 43.1 Å². The molecule has 216 valence electrons. The van der Waals surface area contributed by atoms with Crippen molar-refractivity contribution >= 4 is 34.0 Å². The van der Waals surface area contributed by atoms with E-state index in [1.54, 1.807) is 0 Å². The lowest BCUT2D eigenvalue weighted by Crippen LogP contribution is -2.33. The van der Waals surface area contributed by atoms with Gasteiger partial charge in [-0.3, -0.25) is 9.13 Å². The van der Waals surface area contributed by atoms with Crippen LogP contribution < -0.4 is 11.5 Å². The third-order valence-corrected chi connectivity index (χ3v) is 6.36. The maximum atomic E-state index is 9.95. The molecule has 8 atom stereocenters. The summed E-state index contributed by atoms with van der Waals surface area (Å²) < 4.78 is 13.7. The normalized spacial score (nSPS) is 29.6. The summed E-state index contributed by atoms with van der Waals surface area (Å²) in [5.74, 6) is 0.436. The Bertz CT molecular complexity index is 1330. The van der Waals surface area contributed by atoms with Crippen LogP contribution in [0.15, 0.2) is 38.5 Å². The lowest BCUT2D eigenvalue weighted by Gasteiger charge is -2.16. The van der Waals surface area contributed by atoms with Crippen molar-refractivity contribution in [3.63, 3.8) is 0 Å². The first-order valence-electron chi connectivity index (χ1n) is 11.9. The number of rotatable bonds is 4. The highest BCUT2D eigenvalue weighted by Crippen LogP contribution is 2.32. The summed E-state index contributed by atoms with van der Waals surface area (Å²) in [4.78, 5) is 23.8. The topological polar surface area (TPSA) is 279 Å². The minimum atomic E-state index is -1.19. The molecule has 10 N–H and O–H groups in total. The number of hydrogen-bond donors (Lipinski definition) is 8. The second-order valence-electron chi connectivity index (χ2n) is 8.62. The van der Waals surface area contributed by atoms with Crippen LogP contribution in [0.1, 0.15) is 12.5 Å². The van der Waals surface area contributed by atoms with Gasteiger partial charge in [0, 0.05) is 0 Å². The highest BCUT2D eigenvalue weighted by Gasteiger charge is 2.45. The van der Waals surface area contributed by atoms with Crippen molar-refractivity contribution in [2.45, 2.75) is 49.1 Å². The van der Waals surface area contributed by atoms with Crippen LogP contribution in [-0.4, -0.2) is 120 Å². The molecule has 0 amide bonds. The van der Waals surface area contributed by atoms with E-state index in [0.717, 1.165) is 0 Å². The largest absolute Gasteiger partial charge is 0.394 e. The minimum absolute atomic E-state index is 0.218. The highest BCUT2D eigenvalue weighted by molar-refractivity contribution is 5.81. The fourth-order valence-corrected chi connectivity index (χ4v) is 4.33. The summed E-state index contributed by atoms with van der Waals surface area (Å²) in [6.45, 7) is 5.22. The second kappa shape index (κ2) is 12.1. The second-order valence-corrected chi connectivity index (χ2v) is 8.62. The number of nitrogens with zero attached hydrogens (tertiary/aromatic N) is 8. The third-order valence-electron chi connectivity index (χ3n) is 6.36. The monoisotopic (exact) mass is 562 g/mol. The zero-order valence-corrected chi connectivity index (χ0v) is 21.0. The molecule has 0 spiro atoms. The first-order valence-corrected chi connectivity index (χ1v) is 11.9. The highest BCUT2D eigenvalue weighted by atomic mass is 16.6. The van der Waals surface area contributed by atoms with Gasteiger partial charge in [0.05, 0.1) is 25.9 Å². The van der Waals surface area contributed by atoms with Crippen molar-refractivity contribution in [2.75, 3.05) is 24.7 Å². The average Bonchev–Trinajstić information content (AvgIpc) is 3.72. The van der Waals surface area contributed by atoms with Gasteiger partial charge >= 0.3 is 0 Å². The molecule has 2 saturated heterocycles. The van der Waals surface area contributed by atoms with E-state index < -0.39 is 62.3 Å². The fraction of sp³-hybridized carbons (Fsp3) is 0.455. The summed E-state index contributed by atoms with van der Waals surface area (Å²) >= 11 is 0. The molecule has 2 aliphatic heterocycles. The molecule has 40 heavy (non-hydrogen) atoms. The van der Waals surface area contributed by atoms with Gasteiger partial charge < -0.3 is 51.6 Å². The zero-order valence-electron chi connectivity index (χ0n) is 21.0. The van der Waals surface area contributed by atoms with Gasteiger partial charge in [0.15, 0.2) is 35.4 Å². The molecule has 2 fully saturated rings. The van der Waals surface area contributed by atoms with Crippen LogP contribution in [0.25, 0.3) is 22.3 Å². The Morgan fingerprint density at radius 3 is 1.35 bits per heavy atom. The Morgan fingerprint density at radius 2 is 1.02 bits per heavy atom. The third kappa shape index (κ3) is 5.05. The summed E-state index contributed by atoms with van der Waals surface area (Å²) in [6.07, 6.45) is -2.85. The van der Waals surface area contributed by atoms with E-state index in [1.807, 2.05) is 0 Å². The molecule has 18 heteroatoms. The van der Waals surface area contributed by atoms with E-state index in [1.165, 1.54) is 34.4 Å². The lowest BCUT2D eigenvalue weighted by atomic mass is 10.1. The first kappa shape index (κ1) is 29.1. The van der Waals surface area contributed by atoms with Gasteiger partial charge in [0.1, 0.15) is 60.3 Å². The SMILES string of the molecule is C=C.Nc1ncnc2c1ncn2[C@@H]1O[C@H](CO)[C@@H](O)[C@H]1O.Nc1ncnc2c1ncn2[C@@H]1O[C@H](CO)[C@@H](O)[C@H]1O. The van der Waals surface area contributed by atoms with Gasteiger partial charge in [-0.2, -0.15) is 0 Å². The van der Waals surface area contributed by atoms with E-state index in [9.17, 15) is 20.4 Å². The molecule has 6 rings (SSSR count). The molecular formula is C22H30N10O8. The number of ether oxygens (including phenoxy) is 2. The molecule has 0 radical (unpaired) electrons. The van der Waals surface area contributed by atoms with Gasteiger partial charge in [-0.25, -0.2) is 29.9 Å². The zero-order chi connectivity index (χ0) is 29.1. The lowest BCUT2D eigenvalue weighted by molar-refractivity contribution is -0.0511. The molecule has 2 aliphatic rings. The quantitative estimate of drug-likeness (QED) is 0.114. The number of nitrogens with two attached hydrogens (primary N) is 2. The standard InChI is InChI=1S/2C10H13N5O4.C2H4/c2*11-8-5-9(13-2-12-8)15(3-14-5)10-7(18)6(17)4(1-16)19-10;1-2/h2*2-4,6-7,10,16-18H,1H2,(H2,11,12,13);1-2H2/t2*4-,6-,7-,10-;/m11./s1. The van der Waals surface area contributed by atoms with Crippen molar-refractivity contribution in [1.82, 2.24) is 39.0 Å². The van der Waals surface area contributed by atoms with Gasteiger partial charge in [-0.15, -0.1) is 13.2 Å². The maximum absolute atomic E-state index is 9.95. The molecule has 6 heterocycles. The van der Waals surface area contributed by atoms with Crippen molar-refractivity contribution in [2.24, 2.45) is 0 Å². The number of fused-ring (bicyclic) bond motifs is 2. The number of aliphatic hydroxyl groups is 6. The number of hydrogen-bond acceptors (Lipinski definition) is 16. The summed E-state index contributed by atoms with van der Waals surface area (Å²) in [7, 11) is 0.